The second kappa shape index (κ2) is 4.27. The third-order valence-electron chi connectivity index (χ3n) is 1.73. The standard InChI is InChI=1S/C9H3Br2F2NS/c10-4-1-2-5(12)7(8(4)13)9-14-6(11)3-15-9/h1-3H. The number of thiazole rings is 1. The summed E-state index contributed by atoms with van der Waals surface area (Å²) in [5, 5.41) is 1.99. The Morgan fingerprint density at radius 3 is 2.53 bits per heavy atom. The number of benzene rings is 1. The second-order valence-electron chi connectivity index (χ2n) is 2.69. The van der Waals surface area contributed by atoms with Gasteiger partial charge in [-0.1, -0.05) is 0 Å². The van der Waals surface area contributed by atoms with Gasteiger partial charge in [0.2, 0.25) is 0 Å². The minimum atomic E-state index is -0.628. The van der Waals surface area contributed by atoms with E-state index in [1.165, 1.54) is 23.5 Å². The van der Waals surface area contributed by atoms with Crippen molar-refractivity contribution in [2.24, 2.45) is 0 Å². The fourth-order valence-electron chi connectivity index (χ4n) is 1.09. The van der Waals surface area contributed by atoms with Crippen LogP contribution in [0.2, 0.25) is 0 Å². The fourth-order valence-corrected chi connectivity index (χ4v) is 2.72. The third kappa shape index (κ3) is 2.11. The molecule has 0 amide bonds. The molecule has 0 bridgehead atoms. The van der Waals surface area contributed by atoms with Crippen molar-refractivity contribution in [2.75, 3.05) is 0 Å². The van der Waals surface area contributed by atoms with Crippen LogP contribution in [0.5, 0.6) is 0 Å². The predicted octanol–water partition coefficient (Wildman–Crippen LogP) is 4.61. The molecule has 0 radical (unpaired) electrons. The first-order chi connectivity index (χ1) is 7.09. The molecule has 0 saturated heterocycles. The molecule has 0 aliphatic carbocycles. The molecule has 0 aliphatic heterocycles. The summed E-state index contributed by atoms with van der Waals surface area (Å²) in [7, 11) is 0. The Hall–Kier alpha value is -0.330. The Morgan fingerprint density at radius 2 is 1.93 bits per heavy atom. The first-order valence-corrected chi connectivity index (χ1v) is 6.31. The van der Waals surface area contributed by atoms with Gasteiger partial charge < -0.3 is 0 Å². The number of hydrogen-bond donors (Lipinski definition) is 0. The minimum Gasteiger partial charge on any atom is -0.229 e. The van der Waals surface area contributed by atoms with E-state index in [0.717, 1.165) is 0 Å². The first-order valence-electron chi connectivity index (χ1n) is 3.84. The molecular weight excluding hydrogens is 352 g/mol. The summed E-state index contributed by atoms with van der Waals surface area (Å²) in [6, 6.07) is 2.54. The highest BCUT2D eigenvalue weighted by Gasteiger charge is 2.16. The zero-order valence-electron chi connectivity index (χ0n) is 7.10. The lowest BCUT2D eigenvalue weighted by Crippen LogP contribution is -1.90. The number of aromatic nitrogens is 1. The molecular formula is C9H3Br2F2NS. The van der Waals surface area contributed by atoms with Crippen molar-refractivity contribution in [3.8, 4) is 10.6 Å². The molecule has 0 spiro atoms. The normalized spacial score (nSPS) is 10.7. The lowest BCUT2D eigenvalue weighted by atomic mass is 10.2. The van der Waals surface area contributed by atoms with E-state index in [1.54, 1.807) is 5.38 Å². The van der Waals surface area contributed by atoms with Crippen molar-refractivity contribution < 1.29 is 8.78 Å². The molecule has 0 fully saturated rings. The molecule has 2 rings (SSSR count). The summed E-state index contributed by atoms with van der Waals surface area (Å²) in [4.78, 5) is 3.98. The zero-order valence-corrected chi connectivity index (χ0v) is 11.1. The predicted molar refractivity (Wildman–Crippen MR) is 62.9 cm³/mol. The van der Waals surface area contributed by atoms with Crippen LogP contribution in [-0.2, 0) is 0 Å². The molecule has 1 heterocycles. The number of halogens is 4. The zero-order chi connectivity index (χ0) is 11.0. The molecule has 0 N–H and O–H groups in total. The summed E-state index contributed by atoms with van der Waals surface area (Å²) < 4.78 is 27.8. The van der Waals surface area contributed by atoms with Crippen LogP contribution in [0.1, 0.15) is 0 Å². The molecule has 1 nitrogen and oxygen atoms in total. The van der Waals surface area contributed by atoms with Gasteiger partial charge in [-0.3, -0.25) is 0 Å². The molecule has 78 valence electrons. The van der Waals surface area contributed by atoms with Crippen molar-refractivity contribution >= 4 is 43.2 Å². The molecule has 6 heteroatoms. The third-order valence-corrected chi connectivity index (χ3v) is 3.92. The molecule has 0 unspecified atom stereocenters. The molecule has 0 saturated carbocycles. The number of hydrogen-bond acceptors (Lipinski definition) is 2. The van der Waals surface area contributed by atoms with Crippen LogP contribution in [0.15, 0.2) is 26.6 Å². The van der Waals surface area contributed by atoms with Gasteiger partial charge in [0.05, 0.1) is 10.0 Å². The van der Waals surface area contributed by atoms with E-state index in [2.05, 4.69) is 36.8 Å². The average molecular weight is 355 g/mol. The van der Waals surface area contributed by atoms with E-state index in [-0.39, 0.29) is 10.0 Å². The van der Waals surface area contributed by atoms with E-state index in [1.807, 2.05) is 0 Å². The van der Waals surface area contributed by atoms with E-state index in [0.29, 0.717) is 9.61 Å². The number of rotatable bonds is 1. The van der Waals surface area contributed by atoms with Gasteiger partial charge >= 0.3 is 0 Å². The van der Waals surface area contributed by atoms with Crippen molar-refractivity contribution in [2.45, 2.75) is 0 Å². The Bertz CT molecular complexity index is 513. The minimum absolute atomic E-state index is 0.0972. The van der Waals surface area contributed by atoms with Gasteiger partial charge in [0.15, 0.2) is 5.82 Å². The monoisotopic (exact) mass is 353 g/mol. The highest BCUT2D eigenvalue weighted by atomic mass is 79.9. The van der Waals surface area contributed by atoms with Gasteiger partial charge in [-0.05, 0) is 44.0 Å². The lowest BCUT2D eigenvalue weighted by molar-refractivity contribution is 0.585. The smallest absolute Gasteiger partial charge is 0.150 e. The quantitative estimate of drug-likeness (QED) is 0.681. The Kier molecular flexibility index (Phi) is 3.18. The Balaban J connectivity index is 2.66. The molecule has 15 heavy (non-hydrogen) atoms. The highest BCUT2D eigenvalue weighted by Crippen LogP contribution is 2.33. The molecule has 1 aromatic heterocycles. The van der Waals surface area contributed by atoms with E-state index in [4.69, 9.17) is 0 Å². The van der Waals surface area contributed by atoms with Crippen molar-refractivity contribution in [3.63, 3.8) is 0 Å². The van der Waals surface area contributed by atoms with Gasteiger partial charge in [-0.15, -0.1) is 11.3 Å². The topological polar surface area (TPSA) is 12.9 Å². The van der Waals surface area contributed by atoms with Crippen LogP contribution in [-0.4, -0.2) is 4.98 Å². The van der Waals surface area contributed by atoms with E-state index < -0.39 is 11.6 Å². The lowest BCUT2D eigenvalue weighted by Gasteiger charge is -2.02. The second-order valence-corrected chi connectivity index (χ2v) is 5.22. The molecule has 1 aromatic carbocycles. The summed E-state index contributed by atoms with van der Waals surface area (Å²) in [6.07, 6.45) is 0. The van der Waals surface area contributed by atoms with Crippen molar-refractivity contribution in [1.82, 2.24) is 4.98 Å². The molecule has 0 atom stereocenters. The first kappa shape index (κ1) is 11.2. The van der Waals surface area contributed by atoms with Gasteiger partial charge in [-0.2, -0.15) is 0 Å². The maximum Gasteiger partial charge on any atom is 0.150 e. The van der Waals surface area contributed by atoms with E-state index >= 15 is 0 Å². The van der Waals surface area contributed by atoms with E-state index in [9.17, 15) is 8.78 Å². The fraction of sp³-hybridized carbons (Fsp3) is 0. The van der Waals surface area contributed by atoms with Gasteiger partial charge in [-0.25, -0.2) is 13.8 Å². The van der Waals surface area contributed by atoms with Crippen molar-refractivity contribution in [3.05, 3.63) is 38.2 Å². The van der Waals surface area contributed by atoms with Crippen LogP contribution >= 0.6 is 43.2 Å². The largest absolute Gasteiger partial charge is 0.229 e. The SMILES string of the molecule is Fc1ccc(Br)c(F)c1-c1nc(Br)cs1. The van der Waals surface area contributed by atoms with Crippen LogP contribution in [0, 0.1) is 11.6 Å². The maximum atomic E-state index is 13.6. The summed E-state index contributed by atoms with van der Waals surface area (Å²) in [6.45, 7) is 0. The highest BCUT2D eigenvalue weighted by molar-refractivity contribution is 9.10. The number of nitrogens with zero attached hydrogens (tertiary/aromatic N) is 1. The van der Waals surface area contributed by atoms with Gasteiger partial charge in [0, 0.05) is 5.38 Å². The van der Waals surface area contributed by atoms with Crippen molar-refractivity contribution in [1.29, 1.82) is 0 Å². The van der Waals surface area contributed by atoms with Crippen LogP contribution in [0.25, 0.3) is 10.6 Å². The van der Waals surface area contributed by atoms with Crippen LogP contribution in [0.4, 0.5) is 8.78 Å². The Morgan fingerprint density at radius 1 is 1.20 bits per heavy atom. The van der Waals surface area contributed by atoms with Crippen LogP contribution < -0.4 is 0 Å². The van der Waals surface area contributed by atoms with Gasteiger partial charge in [0.1, 0.15) is 15.4 Å². The average Bonchev–Trinajstić information content (AvgIpc) is 2.59. The van der Waals surface area contributed by atoms with Gasteiger partial charge in [0.25, 0.3) is 0 Å². The summed E-state index contributed by atoms with van der Waals surface area (Å²) >= 11 is 7.33. The maximum absolute atomic E-state index is 13.6. The molecule has 2 aromatic rings. The summed E-state index contributed by atoms with van der Waals surface area (Å²) in [5.41, 5.74) is -0.0972. The summed E-state index contributed by atoms with van der Waals surface area (Å²) in [5.74, 6) is -1.24. The molecule has 0 aliphatic rings. The Labute approximate surface area is 105 Å². The van der Waals surface area contributed by atoms with Crippen LogP contribution in [0.3, 0.4) is 0 Å².